The quantitative estimate of drug-likeness (QED) is 0.868. The number of benzene rings is 1. The zero-order valence-electron chi connectivity index (χ0n) is 12.9. The first-order valence-electron chi connectivity index (χ1n) is 7.73. The molecule has 2 aromatic rings. The molecule has 0 aliphatic carbocycles. The van der Waals surface area contributed by atoms with E-state index in [0.717, 1.165) is 42.8 Å². The third kappa shape index (κ3) is 4.37. The van der Waals surface area contributed by atoms with E-state index in [0.29, 0.717) is 6.61 Å². The predicted octanol–water partition coefficient (Wildman–Crippen LogP) is 1.34. The topological polar surface area (TPSA) is 92.3 Å². The van der Waals surface area contributed by atoms with Gasteiger partial charge in [0.25, 0.3) is 0 Å². The molecule has 7 heteroatoms. The number of carbonyl (C=O) groups is 1. The van der Waals surface area contributed by atoms with Gasteiger partial charge in [-0.15, -0.1) is 5.10 Å². The number of amides is 1. The Hall–Kier alpha value is -2.25. The average Bonchev–Trinajstić information content (AvgIpc) is 3.03. The Labute approximate surface area is 134 Å². The minimum atomic E-state index is -0.345. The molecule has 7 nitrogen and oxygen atoms in total. The van der Waals surface area contributed by atoms with E-state index in [1.165, 1.54) is 0 Å². The summed E-state index contributed by atoms with van der Waals surface area (Å²) in [5, 5.41) is 8.20. The summed E-state index contributed by atoms with van der Waals surface area (Å²) in [5.41, 5.74) is 7.67. The van der Waals surface area contributed by atoms with Crippen molar-refractivity contribution < 1.29 is 14.3 Å². The zero-order valence-corrected chi connectivity index (χ0v) is 12.9. The molecule has 1 saturated heterocycles. The summed E-state index contributed by atoms with van der Waals surface area (Å²) in [7, 11) is 0. The summed E-state index contributed by atoms with van der Waals surface area (Å²) in [4.78, 5) is 10.9. The largest absolute Gasteiger partial charge is 0.369 e. The molecule has 3 rings (SSSR count). The van der Waals surface area contributed by atoms with Crippen LogP contribution in [0.3, 0.4) is 0 Å². The van der Waals surface area contributed by atoms with Crippen molar-refractivity contribution in [2.75, 3.05) is 6.61 Å². The number of ether oxygens (including phenoxy) is 2. The van der Waals surface area contributed by atoms with Crippen LogP contribution in [0.1, 0.15) is 30.5 Å². The molecule has 1 aromatic carbocycles. The Morgan fingerprint density at radius 3 is 2.87 bits per heavy atom. The van der Waals surface area contributed by atoms with Gasteiger partial charge in [0.2, 0.25) is 5.91 Å². The minimum absolute atomic E-state index is 0.137. The highest BCUT2D eigenvalue weighted by molar-refractivity contribution is 5.76. The van der Waals surface area contributed by atoms with E-state index in [2.05, 4.69) is 10.3 Å². The third-order valence-electron chi connectivity index (χ3n) is 3.68. The highest BCUT2D eigenvalue weighted by atomic mass is 16.7. The summed E-state index contributed by atoms with van der Waals surface area (Å²) >= 11 is 0. The van der Waals surface area contributed by atoms with Crippen molar-refractivity contribution in [2.24, 2.45) is 5.73 Å². The van der Waals surface area contributed by atoms with Gasteiger partial charge in [0, 0.05) is 6.61 Å². The number of rotatable bonds is 6. The molecule has 0 bridgehead atoms. The Bertz CT molecular complexity index is 648. The average molecular weight is 316 g/mol. The summed E-state index contributed by atoms with van der Waals surface area (Å²) in [6.45, 7) is 1.14. The van der Waals surface area contributed by atoms with Crippen molar-refractivity contribution in [2.45, 2.75) is 38.6 Å². The maximum absolute atomic E-state index is 10.9. The summed E-state index contributed by atoms with van der Waals surface area (Å²) in [5.74, 6) is -0.345. The maximum Gasteiger partial charge on any atom is 0.221 e. The van der Waals surface area contributed by atoms with E-state index in [1.807, 2.05) is 30.5 Å². The Balaban J connectivity index is 1.58. The molecule has 1 aliphatic rings. The van der Waals surface area contributed by atoms with Crippen LogP contribution in [-0.2, 0) is 27.3 Å². The van der Waals surface area contributed by atoms with Gasteiger partial charge in [-0.3, -0.25) is 4.79 Å². The van der Waals surface area contributed by atoms with E-state index < -0.39 is 0 Å². The number of primary amides is 1. The first-order chi connectivity index (χ1) is 11.2. The van der Waals surface area contributed by atoms with Crippen molar-refractivity contribution in [3.8, 4) is 5.69 Å². The Morgan fingerprint density at radius 1 is 1.35 bits per heavy atom. The summed E-state index contributed by atoms with van der Waals surface area (Å²) < 4.78 is 12.9. The van der Waals surface area contributed by atoms with Crippen LogP contribution in [0.15, 0.2) is 30.5 Å². The third-order valence-corrected chi connectivity index (χ3v) is 3.68. The number of nitrogens with two attached hydrogens (primary N) is 1. The van der Waals surface area contributed by atoms with Crippen LogP contribution in [0, 0.1) is 0 Å². The number of aromatic nitrogens is 3. The molecule has 1 aromatic heterocycles. The van der Waals surface area contributed by atoms with Crippen LogP contribution < -0.4 is 5.73 Å². The van der Waals surface area contributed by atoms with E-state index in [1.54, 1.807) is 4.68 Å². The number of hydrogen-bond acceptors (Lipinski definition) is 5. The van der Waals surface area contributed by atoms with Gasteiger partial charge in [0.1, 0.15) is 5.69 Å². The molecule has 1 aliphatic heterocycles. The van der Waals surface area contributed by atoms with E-state index in [4.69, 9.17) is 15.2 Å². The van der Waals surface area contributed by atoms with Crippen LogP contribution in [0.4, 0.5) is 0 Å². The molecule has 0 radical (unpaired) electrons. The molecular weight excluding hydrogens is 296 g/mol. The van der Waals surface area contributed by atoms with Gasteiger partial charge < -0.3 is 15.2 Å². The normalized spacial score (nSPS) is 18.0. The molecule has 1 atom stereocenters. The molecule has 0 spiro atoms. The fraction of sp³-hybridized carbons (Fsp3) is 0.438. The molecule has 2 N–H and O–H groups in total. The standard InChI is InChI=1S/C16H20N4O3/c17-15(21)9-12-4-6-14(7-5-12)20-10-13(18-19-20)11-23-16-3-1-2-8-22-16/h4-7,10,16H,1-3,8-9,11H2,(H2,17,21). The van der Waals surface area contributed by atoms with Crippen LogP contribution in [0.5, 0.6) is 0 Å². The lowest BCUT2D eigenvalue weighted by Crippen LogP contribution is -2.22. The second-order valence-corrected chi connectivity index (χ2v) is 5.57. The number of nitrogens with zero attached hydrogens (tertiary/aromatic N) is 3. The van der Waals surface area contributed by atoms with Gasteiger partial charge >= 0.3 is 0 Å². The molecule has 1 amide bonds. The van der Waals surface area contributed by atoms with Gasteiger partial charge in [0.05, 0.1) is 24.9 Å². The number of hydrogen-bond donors (Lipinski definition) is 1. The van der Waals surface area contributed by atoms with Gasteiger partial charge in [-0.25, -0.2) is 4.68 Å². The van der Waals surface area contributed by atoms with Gasteiger partial charge in [-0.05, 0) is 37.0 Å². The van der Waals surface area contributed by atoms with Crippen LogP contribution in [0.25, 0.3) is 5.69 Å². The van der Waals surface area contributed by atoms with Crippen molar-refractivity contribution in [3.63, 3.8) is 0 Å². The van der Waals surface area contributed by atoms with Crippen molar-refractivity contribution in [3.05, 3.63) is 41.7 Å². The highest BCUT2D eigenvalue weighted by Gasteiger charge is 2.15. The molecular formula is C16H20N4O3. The maximum atomic E-state index is 10.9. The SMILES string of the molecule is NC(=O)Cc1ccc(-n2cc(COC3CCCCO3)nn2)cc1. The fourth-order valence-electron chi connectivity index (χ4n) is 2.48. The monoisotopic (exact) mass is 316 g/mol. The molecule has 2 heterocycles. The van der Waals surface area contributed by atoms with Crippen LogP contribution in [-0.4, -0.2) is 33.8 Å². The van der Waals surface area contributed by atoms with E-state index in [-0.39, 0.29) is 18.6 Å². The van der Waals surface area contributed by atoms with Gasteiger partial charge in [-0.2, -0.15) is 0 Å². The lowest BCUT2D eigenvalue weighted by Gasteiger charge is -2.22. The van der Waals surface area contributed by atoms with Crippen LogP contribution >= 0.6 is 0 Å². The van der Waals surface area contributed by atoms with Gasteiger partial charge in [-0.1, -0.05) is 17.3 Å². The first-order valence-corrected chi connectivity index (χ1v) is 7.73. The molecule has 23 heavy (non-hydrogen) atoms. The lowest BCUT2D eigenvalue weighted by molar-refractivity contribution is -0.169. The summed E-state index contributed by atoms with van der Waals surface area (Å²) in [6, 6.07) is 7.46. The molecule has 0 saturated carbocycles. The lowest BCUT2D eigenvalue weighted by atomic mass is 10.1. The second kappa shape index (κ2) is 7.34. The minimum Gasteiger partial charge on any atom is -0.369 e. The Kier molecular flexibility index (Phi) is 4.99. The molecule has 122 valence electrons. The molecule has 1 unspecified atom stereocenters. The smallest absolute Gasteiger partial charge is 0.221 e. The van der Waals surface area contributed by atoms with Crippen LogP contribution in [0.2, 0.25) is 0 Å². The van der Waals surface area contributed by atoms with E-state index >= 15 is 0 Å². The fourth-order valence-corrected chi connectivity index (χ4v) is 2.48. The van der Waals surface area contributed by atoms with E-state index in [9.17, 15) is 4.79 Å². The molecule has 1 fully saturated rings. The predicted molar refractivity (Wildman–Crippen MR) is 82.6 cm³/mol. The Morgan fingerprint density at radius 2 is 2.17 bits per heavy atom. The summed E-state index contributed by atoms with van der Waals surface area (Å²) in [6.07, 6.45) is 5.08. The van der Waals surface area contributed by atoms with Crippen molar-refractivity contribution in [1.82, 2.24) is 15.0 Å². The van der Waals surface area contributed by atoms with Crippen molar-refractivity contribution >= 4 is 5.91 Å². The number of carbonyl (C=O) groups excluding carboxylic acids is 1. The zero-order chi connectivity index (χ0) is 16.1. The first kappa shape index (κ1) is 15.6. The van der Waals surface area contributed by atoms with Crippen molar-refractivity contribution in [1.29, 1.82) is 0 Å². The highest BCUT2D eigenvalue weighted by Crippen LogP contribution is 2.15. The van der Waals surface area contributed by atoms with Gasteiger partial charge in [0.15, 0.2) is 6.29 Å². The second-order valence-electron chi connectivity index (χ2n) is 5.57.